The molecule has 6 nitrogen and oxygen atoms in total. The fraction of sp³-hybridized carbons (Fsp3) is 0.429. The van der Waals surface area contributed by atoms with Gasteiger partial charge in [-0.15, -0.1) is 0 Å². The number of carbonyl (C=O) groups excluding carboxylic acids is 1. The summed E-state index contributed by atoms with van der Waals surface area (Å²) < 4.78 is 5.16. The van der Waals surface area contributed by atoms with Crippen LogP contribution in [0.3, 0.4) is 0 Å². The Morgan fingerprint density at radius 3 is 3.05 bits per heavy atom. The molecule has 20 heavy (non-hydrogen) atoms. The number of hydrogen-bond donors (Lipinski definition) is 2. The van der Waals surface area contributed by atoms with E-state index in [2.05, 4.69) is 5.32 Å². The molecule has 2 N–H and O–H groups in total. The molecule has 1 atom stereocenters. The molecule has 6 heteroatoms. The van der Waals surface area contributed by atoms with Crippen molar-refractivity contribution in [3.8, 4) is 5.75 Å². The molecule has 108 valence electrons. The van der Waals surface area contributed by atoms with Crippen LogP contribution in [0.25, 0.3) is 0 Å². The van der Waals surface area contributed by atoms with Crippen molar-refractivity contribution in [1.29, 1.82) is 0 Å². The molecule has 1 heterocycles. The van der Waals surface area contributed by atoms with Gasteiger partial charge in [-0.3, -0.25) is 14.5 Å². The maximum absolute atomic E-state index is 11.8. The fourth-order valence-corrected chi connectivity index (χ4v) is 2.34. The molecule has 0 saturated carbocycles. The van der Waals surface area contributed by atoms with E-state index in [1.807, 2.05) is 29.2 Å². The second-order valence-electron chi connectivity index (χ2n) is 4.73. The molecule has 0 bridgehead atoms. The maximum Gasteiger partial charge on any atom is 0.305 e. The first-order valence-corrected chi connectivity index (χ1v) is 6.46. The summed E-state index contributed by atoms with van der Waals surface area (Å²) in [4.78, 5) is 24.6. The Bertz CT molecular complexity index is 504. The van der Waals surface area contributed by atoms with Gasteiger partial charge in [0.25, 0.3) is 0 Å². The van der Waals surface area contributed by atoms with Crippen molar-refractivity contribution >= 4 is 11.9 Å². The maximum atomic E-state index is 11.8. The Labute approximate surface area is 117 Å². The van der Waals surface area contributed by atoms with E-state index < -0.39 is 12.0 Å². The van der Waals surface area contributed by atoms with Crippen LogP contribution >= 0.6 is 0 Å². The zero-order valence-electron chi connectivity index (χ0n) is 11.3. The topological polar surface area (TPSA) is 78.9 Å². The minimum absolute atomic E-state index is 0.185. The number of methoxy groups -OCH3 is 1. The quantitative estimate of drug-likeness (QED) is 0.818. The highest BCUT2D eigenvalue weighted by atomic mass is 16.5. The van der Waals surface area contributed by atoms with Gasteiger partial charge < -0.3 is 15.2 Å². The Morgan fingerprint density at radius 1 is 1.55 bits per heavy atom. The number of benzene rings is 1. The monoisotopic (exact) mass is 278 g/mol. The number of carboxylic acid groups (broad SMARTS) is 1. The van der Waals surface area contributed by atoms with Crippen LogP contribution in [-0.4, -0.2) is 48.1 Å². The molecule has 1 saturated heterocycles. The van der Waals surface area contributed by atoms with Gasteiger partial charge in [0.05, 0.1) is 13.5 Å². The largest absolute Gasteiger partial charge is 0.497 e. The zero-order valence-corrected chi connectivity index (χ0v) is 11.3. The lowest BCUT2D eigenvalue weighted by Gasteiger charge is -2.34. The summed E-state index contributed by atoms with van der Waals surface area (Å²) in [5.41, 5.74) is 0.995. The summed E-state index contributed by atoms with van der Waals surface area (Å²) >= 11 is 0. The Hall–Kier alpha value is -2.08. The third kappa shape index (κ3) is 3.48. The van der Waals surface area contributed by atoms with Crippen molar-refractivity contribution in [2.75, 3.05) is 20.2 Å². The second kappa shape index (κ2) is 6.38. The van der Waals surface area contributed by atoms with Crippen LogP contribution in [0.15, 0.2) is 24.3 Å². The fourth-order valence-electron chi connectivity index (χ4n) is 2.34. The van der Waals surface area contributed by atoms with E-state index in [9.17, 15) is 9.59 Å². The summed E-state index contributed by atoms with van der Waals surface area (Å²) in [5.74, 6) is -0.442. The smallest absolute Gasteiger partial charge is 0.305 e. The molecule has 1 aromatic rings. The van der Waals surface area contributed by atoms with E-state index >= 15 is 0 Å². The number of nitrogens with one attached hydrogen (secondary N) is 1. The summed E-state index contributed by atoms with van der Waals surface area (Å²) in [5, 5.41) is 11.6. The summed E-state index contributed by atoms with van der Waals surface area (Å²) in [6.07, 6.45) is -0.185. The first-order valence-electron chi connectivity index (χ1n) is 6.46. The lowest BCUT2D eigenvalue weighted by Crippen LogP contribution is -2.55. The van der Waals surface area contributed by atoms with E-state index in [-0.39, 0.29) is 12.3 Å². The molecule has 0 aromatic heterocycles. The minimum Gasteiger partial charge on any atom is -0.497 e. The number of ether oxygens (including phenoxy) is 1. The van der Waals surface area contributed by atoms with Crippen LogP contribution < -0.4 is 10.1 Å². The van der Waals surface area contributed by atoms with Crippen LogP contribution in [0.1, 0.15) is 12.0 Å². The summed E-state index contributed by atoms with van der Waals surface area (Å²) in [6.45, 7) is 1.71. The highest BCUT2D eigenvalue weighted by molar-refractivity contribution is 5.86. The van der Waals surface area contributed by atoms with Crippen molar-refractivity contribution in [3.63, 3.8) is 0 Å². The van der Waals surface area contributed by atoms with Gasteiger partial charge in [0.1, 0.15) is 11.8 Å². The summed E-state index contributed by atoms with van der Waals surface area (Å²) in [6, 6.07) is 6.94. The Morgan fingerprint density at radius 2 is 2.35 bits per heavy atom. The number of nitrogens with zero attached hydrogens (tertiary/aromatic N) is 1. The molecule has 0 spiro atoms. The van der Waals surface area contributed by atoms with Crippen molar-refractivity contribution in [2.24, 2.45) is 0 Å². The van der Waals surface area contributed by atoms with E-state index in [1.54, 1.807) is 7.11 Å². The normalized spacial score (nSPS) is 19.4. The van der Waals surface area contributed by atoms with Gasteiger partial charge in [0.2, 0.25) is 5.91 Å². The van der Waals surface area contributed by atoms with Crippen molar-refractivity contribution < 1.29 is 19.4 Å². The lowest BCUT2D eigenvalue weighted by atomic mass is 10.1. The van der Waals surface area contributed by atoms with E-state index in [1.165, 1.54) is 0 Å². The van der Waals surface area contributed by atoms with Gasteiger partial charge in [0, 0.05) is 19.6 Å². The van der Waals surface area contributed by atoms with E-state index in [0.29, 0.717) is 19.6 Å². The molecule has 0 unspecified atom stereocenters. The van der Waals surface area contributed by atoms with Crippen LogP contribution in [0.2, 0.25) is 0 Å². The summed E-state index contributed by atoms with van der Waals surface area (Å²) in [7, 11) is 1.60. The number of carbonyl (C=O) groups is 2. The van der Waals surface area contributed by atoms with Gasteiger partial charge in [-0.2, -0.15) is 0 Å². The zero-order chi connectivity index (χ0) is 14.5. The number of hydrogen-bond acceptors (Lipinski definition) is 4. The van der Waals surface area contributed by atoms with Crippen molar-refractivity contribution in [1.82, 2.24) is 10.2 Å². The Balaban J connectivity index is 2.11. The second-order valence-corrected chi connectivity index (χ2v) is 4.73. The molecule has 1 amide bonds. The molecule has 0 aliphatic carbocycles. The van der Waals surface area contributed by atoms with Gasteiger partial charge >= 0.3 is 5.97 Å². The predicted molar refractivity (Wildman–Crippen MR) is 72.5 cm³/mol. The highest BCUT2D eigenvalue weighted by Crippen LogP contribution is 2.17. The molecular weight excluding hydrogens is 260 g/mol. The number of aliphatic carboxylic acids is 1. The van der Waals surface area contributed by atoms with Gasteiger partial charge in [0.15, 0.2) is 0 Å². The van der Waals surface area contributed by atoms with Crippen molar-refractivity contribution in [2.45, 2.75) is 19.0 Å². The van der Waals surface area contributed by atoms with Crippen LogP contribution in [0.4, 0.5) is 0 Å². The number of piperazine rings is 1. The van der Waals surface area contributed by atoms with E-state index in [0.717, 1.165) is 11.3 Å². The average Bonchev–Trinajstić information content (AvgIpc) is 2.42. The third-order valence-corrected chi connectivity index (χ3v) is 3.33. The molecule has 1 aliphatic heterocycles. The number of amides is 1. The van der Waals surface area contributed by atoms with Crippen molar-refractivity contribution in [3.05, 3.63) is 29.8 Å². The van der Waals surface area contributed by atoms with E-state index in [4.69, 9.17) is 9.84 Å². The minimum atomic E-state index is -0.970. The third-order valence-electron chi connectivity index (χ3n) is 3.33. The Kier molecular flexibility index (Phi) is 4.57. The first-order chi connectivity index (χ1) is 9.60. The molecule has 0 radical (unpaired) electrons. The molecular formula is C14H18N2O4. The van der Waals surface area contributed by atoms with Crippen LogP contribution in [0.5, 0.6) is 5.75 Å². The number of carboxylic acids is 1. The lowest BCUT2D eigenvalue weighted by molar-refractivity contribution is -0.143. The van der Waals surface area contributed by atoms with Gasteiger partial charge in [-0.05, 0) is 17.7 Å². The number of rotatable bonds is 5. The highest BCUT2D eigenvalue weighted by Gasteiger charge is 2.31. The van der Waals surface area contributed by atoms with Crippen LogP contribution in [-0.2, 0) is 16.1 Å². The SMILES string of the molecule is COc1cccc(CN2CCNC(=O)[C@@H]2CC(=O)O)c1. The van der Waals surface area contributed by atoms with Crippen LogP contribution in [0, 0.1) is 0 Å². The van der Waals surface area contributed by atoms with Gasteiger partial charge in [-0.1, -0.05) is 12.1 Å². The average molecular weight is 278 g/mol. The molecule has 1 aliphatic rings. The molecule has 1 fully saturated rings. The molecule has 1 aromatic carbocycles. The van der Waals surface area contributed by atoms with Gasteiger partial charge in [-0.25, -0.2) is 0 Å². The predicted octanol–water partition coefficient (Wildman–Crippen LogP) is 0.470. The molecule has 2 rings (SSSR count). The standard InChI is InChI=1S/C14H18N2O4/c1-20-11-4-2-3-10(7-11)9-16-6-5-15-14(19)12(16)8-13(17)18/h2-4,7,12H,5-6,8-9H2,1H3,(H,15,19)(H,17,18)/t12-/m0/s1. The first kappa shape index (κ1) is 14.3.